The van der Waals surface area contributed by atoms with Gasteiger partial charge < -0.3 is 15.6 Å². The summed E-state index contributed by atoms with van der Waals surface area (Å²) in [5.74, 6) is 1.50. The highest BCUT2D eigenvalue weighted by atomic mass is 16.1. The standard InChI is InChI=1S/C18H24N4O/c23-18(22-9-3-7-17-20-10-11-21-17)15-5-1-4-14(12-15)16-6-2-8-19-13-16/h1,4-5,10-12,16,19H,2-3,6-9,13H2,(H,20,21)(H,22,23)/t16-/m1/s1. The summed E-state index contributed by atoms with van der Waals surface area (Å²) >= 11 is 0. The summed E-state index contributed by atoms with van der Waals surface area (Å²) in [4.78, 5) is 19.5. The number of H-pyrrole nitrogens is 1. The van der Waals surface area contributed by atoms with E-state index in [9.17, 15) is 4.79 Å². The number of benzene rings is 1. The molecule has 0 bridgehead atoms. The number of amides is 1. The Morgan fingerprint density at radius 2 is 2.35 bits per heavy atom. The van der Waals surface area contributed by atoms with Gasteiger partial charge in [0.25, 0.3) is 5.91 Å². The van der Waals surface area contributed by atoms with Crippen molar-refractivity contribution in [2.45, 2.75) is 31.6 Å². The Hall–Kier alpha value is -2.14. The molecule has 5 heteroatoms. The second-order valence-electron chi connectivity index (χ2n) is 6.06. The van der Waals surface area contributed by atoms with Gasteiger partial charge >= 0.3 is 0 Å². The molecule has 3 N–H and O–H groups in total. The molecule has 0 spiro atoms. The Kier molecular flexibility index (Phi) is 5.42. The van der Waals surface area contributed by atoms with Crippen molar-refractivity contribution in [3.05, 3.63) is 53.6 Å². The van der Waals surface area contributed by atoms with Crippen LogP contribution in [0.4, 0.5) is 0 Å². The topological polar surface area (TPSA) is 69.8 Å². The first-order valence-electron chi connectivity index (χ1n) is 8.40. The second-order valence-corrected chi connectivity index (χ2v) is 6.06. The van der Waals surface area contributed by atoms with Gasteiger partial charge in [-0.3, -0.25) is 4.79 Å². The molecule has 1 aromatic heterocycles. The Morgan fingerprint density at radius 1 is 1.39 bits per heavy atom. The number of aromatic nitrogens is 2. The van der Waals surface area contributed by atoms with Gasteiger partial charge in [0.2, 0.25) is 0 Å². The number of aromatic amines is 1. The summed E-state index contributed by atoms with van der Waals surface area (Å²) < 4.78 is 0. The van der Waals surface area contributed by atoms with E-state index in [1.54, 1.807) is 6.20 Å². The monoisotopic (exact) mass is 312 g/mol. The lowest BCUT2D eigenvalue weighted by Gasteiger charge is -2.23. The number of aryl methyl sites for hydroxylation is 1. The van der Waals surface area contributed by atoms with Crippen molar-refractivity contribution in [2.24, 2.45) is 0 Å². The molecule has 0 unspecified atom stereocenters. The number of hydrogen-bond donors (Lipinski definition) is 3. The fourth-order valence-electron chi connectivity index (χ4n) is 3.06. The summed E-state index contributed by atoms with van der Waals surface area (Å²) in [6, 6.07) is 8.05. The van der Waals surface area contributed by atoms with Crippen LogP contribution in [0.25, 0.3) is 0 Å². The van der Waals surface area contributed by atoms with Crippen LogP contribution in [0.2, 0.25) is 0 Å². The lowest BCUT2D eigenvalue weighted by atomic mass is 9.90. The highest BCUT2D eigenvalue weighted by Crippen LogP contribution is 2.23. The van der Waals surface area contributed by atoms with Crippen molar-refractivity contribution < 1.29 is 4.79 Å². The van der Waals surface area contributed by atoms with E-state index in [-0.39, 0.29) is 5.91 Å². The van der Waals surface area contributed by atoms with Gasteiger partial charge in [0.05, 0.1) is 0 Å². The van der Waals surface area contributed by atoms with Crippen LogP contribution >= 0.6 is 0 Å². The van der Waals surface area contributed by atoms with Crippen LogP contribution in [0.3, 0.4) is 0 Å². The molecule has 1 aromatic carbocycles. The maximum atomic E-state index is 12.3. The summed E-state index contributed by atoms with van der Waals surface area (Å²) in [6.07, 6.45) is 7.70. The molecule has 1 saturated heterocycles. The van der Waals surface area contributed by atoms with E-state index >= 15 is 0 Å². The number of hydrogen-bond acceptors (Lipinski definition) is 3. The average Bonchev–Trinajstić information content (AvgIpc) is 3.13. The fraction of sp³-hybridized carbons (Fsp3) is 0.444. The minimum absolute atomic E-state index is 0.00932. The Labute approximate surface area is 136 Å². The zero-order chi connectivity index (χ0) is 15.9. The van der Waals surface area contributed by atoms with E-state index in [1.165, 1.54) is 18.4 Å². The van der Waals surface area contributed by atoms with Gasteiger partial charge in [-0.25, -0.2) is 4.98 Å². The minimum atomic E-state index is 0.00932. The number of nitrogens with zero attached hydrogens (tertiary/aromatic N) is 1. The van der Waals surface area contributed by atoms with E-state index in [2.05, 4.69) is 26.7 Å². The summed E-state index contributed by atoms with van der Waals surface area (Å²) in [6.45, 7) is 2.77. The number of nitrogens with one attached hydrogen (secondary N) is 3. The van der Waals surface area contributed by atoms with E-state index in [0.717, 1.165) is 37.3 Å². The van der Waals surface area contributed by atoms with Gasteiger partial charge in [-0.1, -0.05) is 12.1 Å². The molecule has 3 rings (SSSR count). The lowest BCUT2D eigenvalue weighted by Crippen LogP contribution is -2.29. The van der Waals surface area contributed by atoms with Gasteiger partial charge in [-0.05, 0) is 49.4 Å². The third-order valence-electron chi connectivity index (χ3n) is 4.35. The second kappa shape index (κ2) is 7.92. The molecule has 2 heterocycles. The third kappa shape index (κ3) is 4.42. The van der Waals surface area contributed by atoms with Crippen molar-refractivity contribution >= 4 is 5.91 Å². The van der Waals surface area contributed by atoms with Gasteiger partial charge in [-0.2, -0.15) is 0 Å². The molecule has 122 valence electrons. The van der Waals surface area contributed by atoms with Crippen LogP contribution < -0.4 is 10.6 Å². The molecule has 5 nitrogen and oxygen atoms in total. The largest absolute Gasteiger partial charge is 0.352 e. The zero-order valence-electron chi connectivity index (χ0n) is 13.3. The highest BCUT2D eigenvalue weighted by Gasteiger charge is 2.16. The van der Waals surface area contributed by atoms with Gasteiger partial charge in [-0.15, -0.1) is 0 Å². The normalized spacial score (nSPS) is 17.8. The molecule has 1 fully saturated rings. The number of rotatable bonds is 6. The predicted molar refractivity (Wildman–Crippen MR) is 90.5 cm³/mol. The molecule has 0 radical (unpaired) electrons. The van der Waals surface area contributed by atoms with Crippen molar-refractivity contribution in [1.82, 2.24) is 20.6 Å². The van der Waals surface area contributed by atoms with Crippen LogP contribution in [0.5, 0.6) is 0 Å². The number of piperidine rings is 1. The first kappa shape index (κ1) is 15.7. The SMILES string of the molecule is O=C(NCCCc1ncc[nH]1)c1cccc([C@@H]2CCCNC2)c1. The van der Waals surface area contributed by atoms with E-state index in [4.69, 9.17) is 0 Å². The molecule has 0 aliphatic carbocycles. The van der Waals surface area contributed by atoms with Crippen molar-refractivity contribution in [2.75, 3.05) is 19.6 Å². The molecule has 23 heavy (non-hydrogen) atoms. The van der Waals surface area contributed by atoms with Crippen molar-refractivity contribution in [3.8, 4) is 0 Å². The molecule has 2 aromatic rings. The maximum absolute atomic E-state index is 12.3. The van der Waals surface area contributed by atoms with E-state index in [0.29, 0.717) is 12.5 Å². The predicted octanol–water partition coefficient (Wildman–Crippen LogP) is 2.24. The summed E-state index contributed by atoms with van der Waals surface area (Å²) in [5, 5.41) is 6.42. The maximum Gasteiger partial charge on any atom is 0.251 e. The van der Waals surface area contributed by atoms with Crippen LogP contribution in [0.1, 0.15) is 46.9 Å². The third-order valence-corrected chi connectivity index (χ3v) is 4.35. The molecule has 0 saturated carbocycles. The van der Waals surface area contributed by atoms with E-state index in [1.807, 2.05) is 24.4 Å². The number of carbonyl (C=O) groups excluding carboxylic acids is 1. The van der Waals surface area contributed by atoms with E-state index < -0.39 is 0 Å². The van der Waals surface area contributed by atoms with Crippen LogP contribution in [0, 0.1) is 0 Å². The van der Waals surface area contributed by atoms with Gasteiger partial charge in [0, 0.05) is 37.5 Å². The molecular weight excluding hydrogens is 288 g/mol. The quantitative estimate of drug-likeness (QED) is 0.717. The number of carbonyl (C=O) groups is 1. The number of imidazole rings is 1. The Balaban J connectivity index is 1.50. The molecule has 1 atom stereocenters. The van der Waals surface area contributed by atoms with Gasteiger partial charge in [0.15, 0.2) is 0 Å². The molecular formula is C18H24N4O. The highest BCUT2D eigenvalue weighted by molar-refractivity contribution is 5.94. The van der Waals surface area contributed by atoms with Gasteiger partial charge in [0.1, 0.15) is 5.82 Å². The van der Waals surface area contributed by atoms with Crippen molar-refractivity contribution in [1.29, 1.82) is 0 Å². The smallest absolute Gasteiger partial charge is 0.251 e. The van der Waals surface area contributed by atoms with Crippen molar-refractivity contribution in [3.63, 3.8) is 0 Å². The fourth-order valence-corrected chi connectivity index (χ4v) is 3.06. The molecule has 1 aliphatic rings. The van der Waals surface area contributed by atoms with Crippen LogP contribution in [-0.2, 0) is 6.42 Å². The van der Waals surface area contributed by atoms with Crippen LogP contribution in [0.15, 0.2) is 36.7 Å². The van der Waals surface area contributed by atoms with Crippen LogP contribution in [-0.4, -0.2) is 35.5 Å². The zero-order valence-corrected chi connectivity index (χ0v) is 13.3. The first-order valence-corrected chi connectivity index (χ1v) is 8.40. The summed E-state index contributed by atoms with van der Waals surface area (Å²) in [7, 11) is 0. The summed E-state index contributed by atoms with van der Waals surface area (Å²) in [5.41, 5.74) is 2.02. The lowest BCUT2D eigenvalue weighted by molar-refractivity contribution is 0.0953. The Bertz CT molecular complexity index is 618. The average molecular weight is 312 g/mol. The Morgan fingerprint density at radius 3 is 3.13 bits per heavy atom. The molecule has 1 amide bonds. The minimum Gasteiger partial charge on any atom is -0.352 e. The molecule has 1 aliphatic heterocycles. The first-order chi connectivity index (χ1) is 11.3.